The molecule has 2 fully saturated rings. The van der Waals surface area contributed by atoms with Crippen LogP contribution < -0.4 is 0 Å². The topological polar surface area (TPSA) is 317 Å². The number of carbonyl (C=O) groups is 1. The van der Waals surface area contributed by atoms with Crippen molar-refractivity contribution in [3.05, 3.63) is 0 Å². The van der Waals surface area contributed by atoms with Crippen molar-refractivity contribution in [2.24, 2.45) is 0 Å². The Morgan fingerprint density at radius 2 is 1.44 bits per heavy atom. The van der Waals surface area contributed by atoms with E-state index in [9.17, 15) is 66.1 Å². The van der Waals surface area contributed by atoms with Crippen LogP contribution in [0.15, 0.2) is 0 Å². The number of aliphatic hydroxyl groups is 13. The fourth-order valence-corrected chi connectivity index (χ4v) is 3.67. The van der Waals surface area contributed by atoms with Crippen LogP contribution in [-0.4, -0.2) is 178 Å². The van der Waals surface area contributed by atoms with E-state index in [0.717, 1.165) is 0 Å². The molecule has 0 bridgehead atoms. The molecular weight excluding hydrogens is 504 g/mol. The number of ether oxygens (including phenoxy) is 4. The van der Waals surface area contributed by atoms with Crippen molar-refractivity contribution in [2.45, 2.75) is 78.9 Å². The summed E-state index contributed by atoms with van der Waals surface area (Å²) in [6, 6.07) is 0. The molecule has 0 aliphatic carbocycles. The van der Waals surface area contributed by atoms with Gasteiger partial charge in [0.05, 0.1) is 19.8 Å². The second-order valence-corrected chi connectivity index (χ2v) is 8.31. The van der Waals surface area contributed by atoms with Crippen molar-refractivity contribution in [1.82, 2.24) is 0 Å². The summed E-state index contributed by atoms with van der Waals surface area (Å²) in [6.45, 7) is -4.46. The molecule has 2 aliphatic heterocycles. The summed E-state index contributed by atoms with van der Waals surface area (Å²) in [5.74, 6) is -8.20. The quantitative estimate of drug-likeness (QED) is 0.0813. The van der Waals surface area contributed by atoms with E-state index >= 15 is 0 Å². The molecule has 13 N–H and O–H groups in total. The molecule has 0 saturated carbocycles. The maximum atomic E-state index is 12.6. The molecule has 2 rings (SSSR count). The molecule has 2 saturated heterocycles. The van der Waals surface area contributed by atoms with E-state index in [1.54, 1.807) is 0 Å². The highest BCUT2D eigenvalue weighted by molar-refractivity contribution is 5.75. The third-order valence-corrected chi connectivity index (χ3v) is 5.85. The zero-order chi connectivity index (χ0) is 27.6. The Morgan fingerprint density at radius 1 is 0.833 bits per heavy atom. The minimum atomic E-state index is -3.40. The van der Waals surface area contributed by atoms with Crippen LogP contribution in [0.25, 0.3) is 0 Å². The standard InChI is InChI=1S/C18H32O18/c19-1-5(23)8(25)10(27)11(28)16(32)35-18(15(31)12(29)13(34-18)6(24)2-20)36-17(4-22)14(30)9(26)7(3-21)33-17/h5-15,19-31H,1-4H2/t5-,6+,7-,8-,9-,10+,11-,12+,13-,14+,15-,17-,18-/m1/s1. The number of hydrogen-bond acceptors (Lipinski definition) is 18. The molecule has 0 spiro atoms. The zero-order valence-corrected chi connectivity index (χ0v) is 18.5. The summed E-state index contributed by atoms with van der Waals surface area (Å²) in [5, 5.41) is 128. The lowest BCUT2D eigenvalue weighted by Crippen LogP contribution is -2.61. The maximum Gasteiger partial charge on any atom is 0.362 e. The Hall–Kier alpha value is -1.17. The van der Waals surface area contributed by atoms with Crippen LogP contribution in [0.4, 0.5) is 0 Å². The molecule has 0 aromatic heterocycles. The van der Waals surface area contributed by atoms with Crippen molar-refractivity contribution in [2.75, 3.05) is 26.4 Å². The van der Waals surface area contributed by atoms with E-state index in [1.165, 1.54) is 0 Å². The van der Waals surface area contributed by atoms with Gasteiger partial charge < -0.3 is 80.6 Å². The van der Waals surface area contributed by atoms with Crippen molar-refractivity contribution >= 4 is 5.97 Å². The van der Waals surface area contributed by atoms with Gasteiger partial charge in [-0.2, -0.15) is 0 Å². The van der Waals surface area contributed by atoms with Gasteiger partial charge in [-0.05, 0) is 0 Å². The first-order chi connectivity index (χ1) is 16.8. The fraction of sp³-hybridized carbons (Fsp3) is 0.944. The lowest BCUT2D eigenvalue weighted by Gasteiger charge is -2.40. The molecular formula is C18H32O18. The summed E-state index contributed by atoms with van der Waals surface area (Å²) < 4.78 is 20.3. The van der Waals surface area contributed by atoms with Crippen molar-refractivity contribution in [3.8, 4) is 0 Å². The van der Waals surface area contributed by atoms with E-state index < -0.39 is 111 Å². The van der Waals surface area contributed by atoms with Gasteiger partial charge >= 0.3 is 11.9 Å². The van der Waals surface area contributed by atoms with E-state index in [2.05, 4.69) is 0 Å². The lowest BCUT2D eigenvalue weighted by molar-refractivity contribution is -0.457. The second kappa shape index (κ2) is 12.1. The molecule has 36 heavy (non-hydrogen) atoms. The van der Waals surface area contributed by atoms with Gasteiger partial charge in [0.15, 0.2) is 12.2 Å². The summed E-state index contributed by atoms with van der Waals surface area (Å²) in [7, 11) is 0. The highest BCUT2D eigenvalue weighted by Crippen LogP contribution is 2.43. The van der Waals surface area contributed by atoms with E-state index in [0.29, 0.717) is 0 Å². The van der Waals surface area contributed by atoms with Crippen LogP contribution in [0.2, 0.25) is 0 Å². The summed E-state index contributed by atoms with van der Waals surface area (Å²) in [5.41, 5.74) is 0. The number of esters is 1. The van der Waals surface area contributed by atoms with Crippen LogP contribution in [0.5, 0.6) is 0 Å². The van der Waals surface area contributed by atoms with Crippen LogP contribution in [-0.2, 0) is 23.7 Å². The number of carbonyl (C=O) groups excluding carboxylic acids is 1. The van der Waals surface area contributed by atoms with Crippen LogP contribution in [0.1, 0.15) is 0 Å². The molecule has 0 unspecified atom stereocenters. The predicted octanol–water partition coefficient (Wildman–Crippen LogP) is -9.09. The molecule has 18 heteroatoms. The number of aliphatic hydroxyl groups excluding tert-OH is 13. The third-order valence-electron chi connectivity index (χ3n) is 5.85. The lowest BCUT2D eigenvalue weighted by atomic mass is 10.0. The fourth-order valence-electron chi connectivity index (χ4n) is 3.67. The molecule has 18 nitrogen and oxygen atoms in total. The van der Waals surface area contributed by atoms with Gasteiger partial charge in [0.1, 0.15) is 61.5 Å². The van der Waals surface area contributed by atoms with Gasteiger partial charge in [-0.3, -0.25) is 4.74 Å². The van der Waals surface area contributed by atoms with Gasteiger partial charge in [0.25, 0.3) is 0 Å². The maximum absolute atomic E-state index is 12.6. The summed E-state index contributed by atoms with van der Waals surface area (Å²) in [4.78, 5) is 12.6. The summed E-state index contributed by atoms with van der Waals surface area (Å²) in [6.07, 6.45) is -24.0. The molecule has 2 aliphatic rings. The van der Waals surface area contributed by atoms with Crippen LogP contribution in [0.3, 0.4) is 0 Å². The molecule has 13 atom stereocenters. The Labute approximate surface area is 202 Å². The molecule has 0 aromatic carbocycles. The molecule has 2 heterocycles. The monoisotopic (exact) mass is 536 g/mol. The number of rotatable bonds is 12. The van der Waals surface area contributed by atoms with Crippen molar-refractivity contribution in [3.63, 3.8) is 0 Å². The molecule has 0 aromatic rings. The average molecular weight is 536 g/mol. The van der Waals surface area contributed by atoms with Crippen molar-refractivity contribution < 1.29 is 90.1 Å². The first kappa shape index (κ1) is 31.1. The highest BCUT2D eigenvalue weighted by atomic mass is 16.9. The van der Waals surface area contributed by atoms with E-state index in [1.807, 2.05) is 0 Å². The van der Waals surface area contributed by atoms with E-state index in [4.69, 9.17) is 24.1 Å². The molecule has 0 radical (unpaired) electrons. The Bertz CT molecular complexity index is 726. The van der Waals surface area contributed by atoms with Crippen LogP contribution in [0, 0.1) is 0 Å². The largest absolute Gasteiger partial charge is 0.403 e. The Balaban J connectivity index is 2.44. The van der Waals surface area contributed by atoms with Gasteiger partial charge in [-0.25, -0.2) is 4.79 Å². The average Bonchev–Trinajstić information content (AvgIpc) is 3.26. The second-order valence-electron chi connectivity index (χ2n) is 8.31. The smallest absolute Gasteiger partial charge is 0.362 e. The predicted molar refractivity (Wildman–Crippen MR) is 105 cm³/mol. The Morgan fingerprint density at radius 3 is 1.92 bits per heavy atom. The van der Waals surface area contributed by atoms with Gasteiger partial charge in [-0.1, -0.05) is 0 Å². The van der Waals surface area contributed by atoms with Gasteiger partial charge in [-0.15, -0.1) is 0 Å². The zero-order valence-electron chi connectivity index (χ0n) is 18.5. The minimum Gasteiger partial charge on any atom is -0.403 e. The normalized spacial score (nSPS) is 41.0. The molecule has 212 valence electrons. The molecule has 0 amide bonds. The first-order valence-corrected chi connectivity index (χ1v) is 10.6. The first-order valence-electron chi connectivity index (χ1n) is 10.6. The summed E-state index contributed by atoms with van der Waals surface area (Å²) >= 11 is 0. The highest BCUT2D eigenvalue weighted by Gasteiger charge is 2.67. The van der Waals surface area contributed by atoms with Gasteiger partial charge in [0.2, 0.25) is 5.79 Å². The number of hydrogen-bond donors (Lipinski definition) is 13. The third kappa shape index (κ3) is 5.63. The van der Waals surface area contributed by atoms with Crippen molar-refractivity contribution in [1.29, 1.82) is 0 Å². The SMILES string of the molecule is O=C(O[C@]1(O[C@@]2(CO)O[C@H](CO)[C@@H](O)[C@@H]2O)O[C@H]([C@@H](O)CO)[C@H](O)[C@H]1O)[C@H](O)[C@@H](O)[C@H](O)[C@H](O)CO. The minimum absolute atomic E-state index is 0.927. The van der Waals surface area contributed by atoms with Gasteiger partial charge in [0, 0.05) is 0 Å². The van der Waals surface area contributed by atoms with Crippen LogP contribution >= 0.6 is 0 Å². The van der Waals surface area contributed by atoms with E-state index in [-0.39, 0.29) is 0 Å². The Kier molecular flexibility index (Phi) is 10.5.